The number of carbonyl (C=O) groups excluding carboxylic acids is 5. The molecule has 18 heteroatoms. The van der Waals surface area contributed by atoms with Crippen LogP contribution in [0.2, 0.25) is 10.0 Å². The van der Waals surface area contributed by atoms with E-state index >= 15 is 0 Å². The minimum atomic E-state index is -0.711. The second-order valence-corrected chi connectivity index (χ2v) is 14.6. The number of nitrogen functional groups attached to an aromatic ring is 1. The number of carbonyl (C=O) groups is 5. The van der Waals surface area contributed by atoms with Gasteiger partial charge in [0.15, 0.2) is 18.2 Å². The van der Waals surface area contributed by atoms with E-state index in [1.54, 1.807) is 38.4 Å². The minimum absolute atomic E-state index is 0.0442. The average Bonchev–Trinajstić information content (AvgIpc) is 3.79. The Balaban J connectivity index is 0.952. The summed E-state index contributed by atoms with van der Waals surface area (Å²) < 4.78 is 27.8. The third-order valence-electron chi connectivity index (χ3n) is 10.0. The van der Waals surface area contributed by atoms with Gasteiger partial charge < -0.3 is 25.4 Å². The number of rotatable bonds is 16. The summed E-state index contributed by atoms with van der Waals surface area (Å²) >= 11 is 12.5. The van der Waals surface area contributed by atoms with Gasteiger partial charge >= 0.3 is 0 Å². The third-order valence-corrected chi connectivity index (χ3v) is 10.7. The molecule has 15 nitrogen and oxygen atoms in total. The lowest BCUT2D eigenvalue weighted by atomic mass is 10.1. The van der Waals surface area contributed by atoms with Gasteiger partial charge in [-0.1, -0.05) is 29.3 Å². The number of likely N-dealkylation sites (tertiary alicyclic amines) is 1. The van der Waals surface area contributed by atoms with Gasteiger partial charge in [0.1, 0.15) is 17.7 Å². The number of hydrogen-bond acceptors (Lipinski definition) is 11. The van der Waals surface area contributed by atoms with E-state index < -0.39 is 35.7 Å². The second-order valence-electron chi connectivity index (χ2n) is 13.8. The molecule has 1 saturated heterocycles. The summed E-state index contributed by atoms with van der Waals surface area (Å²) in [6.07, 6.45) is 6.70. The maximum Gasteiger partial charge on any atom is 0.265 e. The van der Waals surface area contributed by atoms with E-state index in [0.29, 0.717) is 24.4 Å². The number of piperidine rings is 1. The summed E-state index contributed by atoms with van der Waals surface area (Å²) in [5.41, 5.74) is 8.19. The van der Waals surface area contributed by atoms with Gasteiger partial charge in [-0.25, -0.2) is 9.37 Å². The number of nitrogens with two attached hydrogens (primary N) is 1. The van der Waals surface area contributed by atoms with Crippen molar-refractivity contribution >= 4 is 59.1 Å². The minimum Gasteiger partial charge on any atom is -0.483 e. The highest BCUT2D eigenvalue weighted by molar-refractivity contribution is 6.36. The number of aromatic nitrogens is 3. The van der Waals surface area contributed by atoms with Gasteiger partial charge in [-0.2, -0.15) is 5.10 Å². The molecule has 4 heterocycles. The Hall–Kier alpha value is -5.58. The molecule has 5 amide bonds. The molecule has 2 aliphatic heterocycles. The molecular weight excluding hydrogens is 782 g/mol. The van der Waals surface area contributed by atoms with Gasteiger partial charge in [0.2, 0.25) is 12.3 Å². The zero-order valence-electron chi connectivity index (χ0n) is 31.2. The van der Waals surface area contributed by atoms with Crippen LogP contribution in [0, 0.1) is 5.82 Å². The van der Waals surface area contributed by atoms with Gasteiger partial charge in [0.25, 0.3) is 17.7 Å². The summed E-state index contributed by atoms with van der Waals surface area (Å²) in [7, 11) is 0. The number of pyridine rings is 1. The molecule has 2 aliphatic rings. The van der Waals surface area contributed by atoms with Crippen molar-refractivity contribution in [1.82, 2.24) is 35.2 Å². The quantitative estimate of drug-likeness (QED) is 0.0785. The number of hydrogen-bond donors (Lipinski definition) is 3. The normalized spacial score (nSPS) is 15.6. The van der Waals surface area contributed by atoms with Crippen LogP contribution in [0.3, 0.4) is 0 Å². The first kappa shape index (κ1) is 41.1. The first-order valence-corrected chi connectivity index (χ1v) is 19.1. The fourth-order valence-corrected chi connectivity index (χ4v) is 7.59. The first-order chi connectivity index (χ1) is 27.4. The first-order valence-electron chi connectivity index (χ1n) is 18.3. The SMILES string of the molecule is CC(CCC(=O)NC=O)N1C(=O)c2cccc(OCC(=O)NCCN3CCC(n4cc(-c5cnc(N)c(O[C@H](C)c6c(Cl)ccc(F)c6Cl)c5)cn4)CC3)c2C1=O. The molecule has 300 valence electrons. The highest BCUT2D eigenvalue weighted by atomic mass is 35.5. The third kappa shape index (κ3) is 9.35. The summed E-state index contributed by atoms with van der Waals surface area (Å²) in [5.74, 6) is -2.02. The molecule has 4 aromatic rings. The standard InChI is InChI=1S/C39H41Cl2FN8O7/c1-22(6-9-32(52)46-21-51)50-38(54)27-4-3-5-30(35(27)39(50)55)56-20-33(53)44-12-15-48-13-10-26(11-14-48)49-19-25(18-47-49)24-16-31(37(43)45-17-24)57-23(2)34-28(40)7-8-29(42)36(34)41/h3-5,7-8,16-19,21-23,26H,6,9-15,20H2,1-2H3,(H2,43,45)(H,44,53)(H,46,51,52)/t22?,23-/m1/s1. The molecule has 0 radical (unpaired) electrons. The van der Waals surface area contributed by atoms with Crippen molar-refractivity contribution in [3.63, 3.8) is 0 Å². The van der Waals surface area contributed by atoms with Crippen LogP contribution in [0.4, 0.5) is 10.2 Å². The number of benzene rings is 2. The highest BCUT2D eigenvalue weighted by Crippen LogP contribution is 2.37. The molecule has 4 N–H and O–H groups in total. The van der Waals surface area contributed by atoms with Crippen LogP contribution >= 0.6 is 23.2 Å². The van der Waals surface area contributed by atoms with E-state index in [1.807, 2.05) is 16.2 Å². The number of imide groups is 2. The Morgan fingerprint density at radius 1 is 1.05 bits per heavy atom. The fraction of sp³-hybridized carbons (Fsp3) is 0.359. The lowest BCUT2D eigenvalue weighted by Crippen LogP contribution is -2.41. The van der Waals surface area contributed by atoms with Gasteiger partial charge in [-0.05, 0) is 63.4 Å². The van der Waals surface area contributed by atoms with Crippen LogP contribution in [0.25, 0.3) is 11.1 Å². The van der Waals surface area contributed by atoms with Crippen LogP contribution in [-0.4, -0.2) is 93.4 Å². The molecule has 0 spiro atoms. The maximum atomic E-state index is 14.1. The van der Waals surface area contributed by atoms with Crippen molar-refractivity contribution in [2.75, 3.05) is 38.5 Å². The van der Waals surface area contributed by atoms with Gasteiger partial charge in [0.05, 0.1) is 28.4 Å². The molecule has 6 rings (SSSR count). The number of nitrogens with zero attached hydrogens (tertiary/aromatic N) is 5. The van der Waals surface area contributed by atoms with Crippen molar-refractivity contribution in [1.29, 1.82) is 0 Å². The van der Waals surface area contributed by atoms with Crippen molar-refractivity contribution in [2.45, 2.75) is 57.7 Å². The highest BCUT2D eigenvalue weighted by Gasteiger charge is 2.40. The number of halogens is 3. The predicted octanol–water partition coefficient (Wildman–Crippen LogP) is 4.98. The molecule has 0 bridgehead atoms. The summed E-state index contributed by atoms with van der Waals surface area (Å²) in [5, 5.41) is 9.65. The number of ether oxygens (including phenoxy) is 2. The molecule has 0 aliphatic carbocycles. The smallest absolute Gasteiger partial charge is 0.265 e. The van der Waals surface area contributed by atoms with Crippen molar-refractivity contribution < 1.29 is 37.8 Å². The number of anilines is 1. The largest absolute Gasteiger partial charge is 0.483 e. The van der Waals surface area contributed by atoms with E-state index in [1.165, 1.54) is 24.3 Å². The number of nitrogens with one attached hydrogen (secondary N) is 2. The molecule has 1 unspecified atom stereocenters. The molecule has 2 aromatic heterocycles. The lowest BCUT2D eigenvalue weighted by Gasteiger charge is -2.32. The second kappa shape index (κ2) is 18.1. The Kier molecular flexibility index (Phi) is 13.1. The molecule has 57 heavy (non-hydrogen) atoms. The van der Waals surface area contributed by atoms with Crippen molar-refractivity contribution in [3.8, 4) is 22.6 Å². The Morgan fingerprint density at radius 3 is 2.58 bits per heavy atom. The monoisotopic (exact) mass is 822 g/mol. The topological polar surface area (TPSA) is 191 Å². The van der Waals surface area contributed by atoms with Crippen LogP contribution < -0.4 is 25.8 Å². The lowest BCUT2D eigenvalue weighted by molar-refractivity contribution is -0.125. The fourth-order valence-electron chi connectivity index (χ4n) is 6.91. The van der Waals surface area contributed by atoms with Crippen LogP contribution in [-0.2, 0) is 14.4 Å². The summed E-state index contributed by atoms with van der Waals surface area (Å²) in [6.45, 7) is 5.58. The van der Waals surface area contributed by atoms with E-state index in [0.717, 1.165) is 42.0 Å². The van der Waals surface area contributed by atoms with E-state index in [-0.39, 0.29) is 70.5 Å². The molecule has 0 saturated carbocycles. The zero-order valence-corrected chi connectivity index (χ0v) is 32.7. The van der Waals surface area contributed by atoms with Crippen molar-refractivity contribution in [2.24, 2.45) is 0 Å². The van der Waals surface area contributed by atoms with Gasteiger partial charge in [0, 0.05) is 72.7 Å². The van der Waals surface area contributed by atoms with Gasteiger partial charge in [-0.15, -0.1) is 0 Å². The van der Waals surface area contributed by atoms with Gasteiger partial charge in [-0.3, -0.25) is 38.9 Å². The van der Waals surface area contributed by atoms with Crippen LogP contribution in [0.1, 0.15) is 78.0 Å². The Labute approximate surface area is 337 Å². The molecule has 2 aromatic carbocycles. The summed E-state index contributed by atoms with van der Waals surface area (Å²) in [4.78, 5) is 68.8. The van der Waals surface area contributed by atoms with Crippen LogP contribution in [0.15, 0.2) is 55.0 Å². The average molecular weight is 824 g/mol. The van der Waals surface area contributed by atoms with E-state index in [9.17, 15) is 28.4 Å². The maximum absolute atomic E-state index is 14.1. The van der Waals surface area contributed by atoms with E-state index in [4.69, 9.17) is 38.4 Å². The van der Waals surface area contributed by atoms with Crippen LogP contribution in [0.5, 0.6) is 11.5 Å². The predicted molar refractivity (Wildman–Crippen MR) is 208 cm³/mol. The number of amides is 5. The van der Waals surface area contributed by atoms with Crippen molar-refractivity contribution in [3.05, 3.63) is 87.5 Å². The molecule has 1 fully saturated rings. The molecule has 2 atom stereocenters. The number of fused-ring (bicyclic) bond motifs is 1. The van der Waals surface area contributed by atoms with E-state index in [2.05, 4.69) is 20.3 Å². The summed E-state index contributed by atoms with van der Waals surface area (Å²) in [6, 6.07) is 8.52. The molecular formula is C39H41Cl2FN8O7. The Morgan fingerprint density at radius 2 is 1.82 bits per heavy atom. The zero-order chi connectivity index (χ0) is 40.8. The Bertz CT molecular complexity index is 2180.